The van der Waals surface area contributed by atoms with Gasteiger partial charge in [0.05, 0.1) is 11.6 Å². The summed E-state index contributed by atoms with van der Waals surface area (Å²) < 4.78 is 13.6. The molecule has 0 aliphatic carbocycles. The van der Waals surface area contributed by atoms with Crippen molar-refractivity contribution in [3.63, 3.8) is 0 Å². The molecule has 0 saturated carbocycles. The van der Waals surface area contributed by atoms with Crippen molar-refractivity contribution in [1.29, 1.82) is 5.26 Å². The Morgan fingerprint density at radius 2 is 2.26 bits per heavy atom. The molecule has 2 N–H and O–H groups in total. The number of carbonyl (C=O) groups is 1. The topological polar surface area (TPSA) is 70.1 Å². The monoisotopic (exact) mass is 263 g/mol. The van der Waals surface area contributed by atoms with E-state index in [0.29, 0.717) is 11.1 Å². The first kappa shape index (κ1) is 15.1. The van der Waals surface area contributed by atoms with E-state index in [1.165, 1.54) is 23.1 Å². The van der Waals surface area contributed by atoms with E-state index < -0.39 is 5.82 Å². The van der Waals surface area contributed by atoms with Crippen LogP contribution in [0.5, 0.6) is 0 Å². The molecule has 4 nitrogen and oxygen atoms in total. The van der Waals surface area contributed by atoms with E-state index in [0.717, 1.165) is 6.42 Å². The summed E-state index contributed by atoms with van der Waals surface area (Å²) in [4.78, 5) is 13.3. The number of nitriles is 1. The number of carbonyl (C=O) groups excluding carboxylic acids is 1. The SMILES string of the molecule is CCC(N)CC(=O)N(C)Cc1cc(C#N)ccc1F. The van der Waals surface area contributed by atoms with Crippen LogP contribution < -0.4 is 5.73 Å². The average molecular weight is 263 g/mol. The van der Waals surface area contributed by atoms with Crippen molar-refractivity contribution in [1.82, 2.24) is 4.90 Å². The van der Waals surface area contributed by atoms with Crippen LogP contribution in [0.25, 0.3) is 0 Å². The van der Waals surface area contributed by atoms with E-state index in [1.807, 2.05) is 13.0 Å². The van der Waals surface area contributed by atoms with Crippen molar-refractivity contribution in [3.05, 3.63) is 35.1 Å². The zero-order valence-corrected chi connectivity index (χ0v) is 11.2. The summed E-state index contributed by atoms with van der Waals surface area (Å²) in [7, 11) is 1.60. The van der Waals surface area contributed by atoms with Gasteiger partial charge in [0, 0.05) is 31.6 Å². The van der Waals surface area contributed by atoms with Gasteiger partial charge in [0.25, 0.3) is 0 Å². The zero-order chi connectivity index (χ0) is 14.4. The van der Waals surface area contributed by atoms with Crippen LogP contribution in [-0.2, 0) is 11.3 Å². The molecule has 0 aromatic heterocycles. The minimum atomic E-state index is -0.418. The Balaban J connectivity index is 2.74. The van der Waals surface area contributed by atoms with Gasteiger partial charge in [0.2, 0.25) is 5.91 Å². The second-order valence-corrected chi connectivity index (χ2v) is 4.54. The van der Waals surface area contributed by atoms with Crippen molar-refractivity contribution < 1.29 is 9.18 Å². The van der Waals surface area contributed by atoms with Crippen molar-refractivity contribution in [2.45, 2.75) is 32.4 Å². The molecule has 1 atom stereocenters. The van der Waals surface area contributed by atoms with Crippen LogP contribution in [0, 0.1) is 17.1 Å². The Kier molecular flexibility index (Phi) is 5.46. The molecule has 0 spiro atoms. The number of rotatable bonds is 5. The standard InChI is InChI=1S/C14H18FN3O/c1-3-12(17)7-14(19)18(2)9-11-6-10(8-16)4-5-13(11)15/h4-6,12H,3,7,9,17H2,1-2H3. The highest BCUT2D eigenvalue weighted by molar-refractivity contribution is 5.76. The maximum absolute atomic E-state index is 13.6. The van der Waals surface area contributed by atoms with Crippen LogP contribution in [-0.4, -0.2) is 23.9 Å². The Hall–Kier alpha value is -1.93. The van der Waals surface area contributed by atoms with E-state index in [-0.39, 0.29) is 24.9 Å². The largest absolute Gasteiger partial charge is 0.341 e. The van der Waals surface area contributed by atoms with E-state index in [2.05, 4.69) is 0 Å². The quantitative estimate of drug-likeness (QED) is 0.880. The predicted molar refractivity (Wildman–Crippen MR) is 70.5 cm³/mol. The summed E-state index contributed by atoms with van der Waals surface area (Å²) in [5.74, 6) is -0.547. The molecule has 0 saturated heterocycles. The van der Waals surface area contributed by atoms with Gasteiger partial charge in [-0.1, -0.05) is 6.92 Å². The molecule has 0 aliphatic heterocycles. The molecule has 0 radical (unpaired) electrons. The third-order valence-electron chi connectivity index (χ3n) is 2.97. The highest BCUT2D eigenvalue weighted by Crippen LogP contribution is 2.13. The second kappa shape index (κ2) is 6.86. The molecule has 0 heterocycles. The summed E-state index contributed by atoms with van der Waals surface area (Å²) in [6.07, 6.45) is 0.963. The molecule has 1 unspecified atom stereocenters. The van der Waals surface area contributed by atoms with Gasteiger partial charge in [0.15, 0.2) is 0 Å². The molecule has 0 bridgehead atoms. The fourth-order valence-corrected chi connectivity index (χ4v) is 1.63. The van der Waals surface area contributed by atoms with Crippen LogP contribution in [0.1, 0.15) is 30.9 Å². The predicted octanol–water partition coefficient (Wildman–Crippen LogP) is 1.78. The number of nitrogens with zero attached hydrogens (tertiary/aromatic N) is 2. The molecular formula is C14H18FN3O. The maximum atomic E-state index is 13.6. The zero-order valence-electron chi connectivity index (χ0n) is 11.2. The average Bonchev–Trinajstić information content (AvgIpc) is 2.40. The van der Waals surface area contributed by atoms with Crippen LogP contribution in [0.4, 0.5) is 4.39 Å². The van der Waals surface area contributed by atoms with Crippen LogP contribution in [0.3, 0.4) is 0 Å². The Morgan fingerprint density at radius 3 is 2.84 bits per heavy atom. The van der Waals surface area contributed by atoms with E-state index in [4.69, 9.17) is 11.0 Å². The fourth-order valence-electron chi connectivity index (χ4n) is 1.63. The summed E-state index contributed by atoms with van der Waals surface area (Å²) in [6, 6.07) is 5.88. The number of nitrogens with two attached hydrogens (primary N) is 1. The third-order valence-corrected chi connectivity index (χ3v) is 2.97. The number of halogens is 1. The summed E-state index contributed by atoms with van der Waals surface area (Å²) in [5.41, 5.74) is 6.43. The fraction of sp³-hybridized carbons (Fsp3) is 0.429. The number of hydrogen-bond acceptors (Lipinski definition) is 3. The van der Waals surface area contributed by atoms with Crippen LogP contribution >= 0.6 is 0 Å². The van der Waals surface area contributed by atoms with Crippen molar-refractivity contribution >= 4 is 5.91 Å². The Bertz CT molecular complexity index is 496. The van der Waals surface area contributed by atoms with Crippen LogP contribution in [0.2, 0.25) is 0 Å². The van der Waals surface area contributed by atoms with Gasteiger partial charge in [-0.15, -0.1) is 0 Å². The molecule has 0 aliphatic rings. The number of hydrogen-bond donors (Lipinski definition) is 1. The van der Waals surface area contributed by atoms with E-state index in [1.54, 1.807) is 7.05 Å². The third kappa shape index (κ3) is 4.34. The first-order valence-corrected chi connectivity index (χ1v) is 6.16. The molecule has 5 heteroatoms. The van der Waals surface area contributed by atoms with Gasteiger partial charge >= 0.3 is 0 Å². The van der Waals surface area contributed by atoms with Gasteiger partial charge in [-0.3, -0.25) is 4.79 Å². The van der Waals surface area contributed by atoms with Gasteiger partial charge in [-0.2, -0.15) is 5.26 Å². The maximum Gasteiger partial charge on any atom is 0.224 e. The first-order chi connectivity index (χ1) is 8.97. The first-order valence-electron chi connectivity index (χ1n) is 6.16. The normalized spacial score (nSPS) is 11.7. The molecular weight excluding hydrogens is 245 g/mol. The molecule has 0 fully saturated rings. The molecule has 1 aromatic rings. The highest BCUT2D eigenvalue weighted by atomic mass is 19.1. The van der Waals surface area contributed by atoms with Crippen molar-refractivity contribution in [3.8, 4) is 6.07 Å². The number of benzene rings is 1. The Morgan fingerprint density at radius 1 is 1.58 bits per heavy atom. The summed E-state index contributed by atoms with van der Waals surface area (Å²) in [6.45, 7) is 2.05. The highest BCUT2D eigenvalue weighted by Gasteiger charge is 2.14. The lowest BCUT2D eigenvalue weighted by Crippen LogP contribution is -2.32. The van der Waals surface area contributed by atoms with Gasteiger partial charge < -0.3 is 10.6 Å². The number of amides is 1. The van der Waals surface area contributed by atoms with Gasteiger partial charge in [0.1, 0.15) is 5.82 Å². The second-order valence-electron chi connectivity index (χ2n) is 4.54. The Labute approximate surface area is 112 Å². The minimum absolute atomic E-state index is 0.129. The van der Waals surface area contributed by atoms with E-state index >= 15 is 0 Å². The smallest absolute Gasteiger partial charge is 0.224 e. The molecule has 1 amide bonds. The minimum Gasteiger partial charge on any atom is -0.341 e. The van der Waals surface area contributed by atoms with Gasteiger partial charge in [-0.05, 0) is 24.6 Å². The lowest BCUT2D eigenvalue weighted by molar-refractivity contribution is -0.130. The molecule has 1 rings (SSSR count). The van der Waals surface area contributed by atoms with Crippen LogP contribution in [0.15, 0.2) is 18.2 Å². The molecule has 1 aromatic carbocycles. The molecule has 19 heavy (non-hydrogen) atoms. The van der Waals surface area contributed by atoms with Crippen molar-refractivity contribution in [2.75, 3.05) is 7.05 Å². The van der Waals surface area contributed by atoms with Gasteiger partial charge in [-0.25, -0.2) is 4.39 Å². The molecule has 102 valence electrons. The summed E-state index contributed by atoms with van der Waals surface area (Å²) >= 11 is 0. The lowest BCUT2D eigenvalue weighted by Gasteiger charge is -2.19. The lowest BCUT2D eigenvalue weighted by atomic mass is 10.1. The van der Waals surface area contributed by atoms with Crippen molar-refractivity contribution in [2.24, 2.45) is 5.73 Å². The van der Waals surface area contributed by atoms with E-state index in [9.17, 15) is 9.18 Å². The summed E-state index contributed by atoms with van der Waals surface area (Å²) in [5, 5.41) is 8.78.